The van der Waals surface area contributed by atoms with Crippen molar-refractivity contribution in [2.75, 3.05) is 0 Å². The Morgan fingerprint density at radius 2 is 1.71 bits per heavy atom. The molecule has 0 unspecified atom stereocenters. The van der Waals surface area contributed by atoms with E-state index < -0.39 is 8.24 Å². The summed E-state index contributed by atoms with van der Waals surface area (Å²) < 4.78 is 2.61. The molecule has 86 valence electrons. The van der Waals surface area contributed by atoms with E-state index in [1.54, 1.807) is 0 Å². The van der Waals surface area contributed by atoms with Crippen LogP contribution in [0.3, 0.4) is 0 Å². The quantitative estimate of drug-likeness (QED) is 0.646. The molecule has 0 fully saturated rings. The van der Waals surface area contributed by atoms with Crippen LogP contribution >= 0.6 is 0 Å². The van der Waals surface area contributed by atoms with Gasteiger partial charge in [0.25, 0.3) is 0 Å². The maximum absolute atomic E-state index is 2.61. The minimum atomic E-state index is -1.46. The van der Waals surface area contributed by atoms with Crippen molar-refractivity contribution in [1.82, 2.24) is 4.14 Å². The predicted molar refractivity (Wildman–Crippen MR) is 75.5 cm³/mol. The van der Waals surface area contributed by atoms with Gasteiger partial charge in [-0.15, -0.1) is 12.1 Å². The average molecular weight is 237 g/mol. The molecular formula is C13H21BLiNSi. The Balaban J connectivity index is 0.00000144. The fraction of sp³-hybridized carbons (Fsp3) is 0.462. The van der Waals surface area contributed by atoms with Crippen molar-refractivity contribution in [1.29, 1.82) is 0 Å². The maximum Gasteiger partial charge on any atom is 1.00 e. The molecule has 0 aromatic heterocycles. The van der Waals surface area contributed by atoms with E-state index in [9.17, 15) is 0 Å². The summed E-state index contributed by atoms with van der Waals surface area (Å²) in [5.41, 5.74) is 1.44. The van der Waals surface area contributed by atoms with Crippen LogP contribution in [0.5, 0.6) is 0 Å². The van der Waals surface area contributed by atoms with Gasteiger partial charge in [-0.3, -0.25) is 0 Å². The molecule has 0 aliphatic carbocycles. The topological polar surface area (TPSA) is 4.93 Å². The van der Waals surface area contributed by atoms with Crippen LogP contribution in [-0.2, 0) is 0 Å². The molecule has 0 spiro atoms. The van der Waals surface area contributed by atoms with E-state index in [2.05, 4.69) is 74.4 Å². The number of hydrogen-bond acceptors (Lipinski definition) is 0. The average Bonchev–Trinajstić information content (AvgIpc) is 2.62. The summed E-state index contributed by atoms with van der Waals surface area (Å²) >= 11 is 0. The first-order valence-corrected chi connectivity index (χ1v) is 8.97. The number of rotatable bonds is 1. The van der Waals surface area contributed by atoms with Crippen LogP contribution < -0.4 is 18.9 Å². The van der Waals surface area contributed by atoms with Gasteiger partial charge in [0.05, 0.1) is 0 Å². The molecule has 2 aliphatic heterocycles. The summed E-state index contributed by atoms with van der Waals surface area (Å²) in [6.07, 6.45) is 2.29. The fourth-order valence-electron chi connectivity index (χ4n) is 2.15. The Kier molecular flexibility index (Phi) is 4.19. The Morgan fingerprint density at radius 1 is 1.12 bits per heavy atom. The Morgan fingerprint density at radius 3 is 2.29 bits per heavy atom. The predicted octanol–water partition coefficient (Wildman–Crippen LogP) is 0.798. The molecule has 2 heterocycles. The molecule has 0 aromatic rings. The zero-order chi connectivity index (χ0) is 12.0. The Bertz CT molecular complexity index is 473. The van der Waals surface area contributed by atoms with Gasteiger partial charge in [0, 0.05) is 0 Å². The largest absolute Gasteiger partial charge is 1.00 e. The van der Waals surface area contributed by atoms with Crippen LogP contribution in [0.25, 0.3) is 5.46 Å². The molecule has 0 N–H and O–H groups in total. The monoisotopic (exact) mass is 237 g/mol. The van der Waals surface area contributed by atoms with E-state index in [0.29, 0.717) is 11.5 Å². The molecule has 0 atom stereocenters. The van der Waals surface area contributed by atoms with Crippen LogP contribution in [0.15, 0.2) is 36.4 Å². The van der Waals surface area contributed by atoms with E-state index in [-0.39, 0.29) is 18.9 Å². The van der Waals surface area contributed by atoms with Gasteiger partial charge < -0.3 is 4.14 Å². The van der Waals surface area contributed by atoms with Crippen molar-refractivity contribution < 1.29 is 18.9 Å². The van der Waals surface area contributed by atoms with Crippen molar-refractivity contribution in [2.24, 2.45) is 0 Å². The summed E-state index contributed by atoms with van der Waals surface area (Å²) in [7, 11) is -1.46. The summed E-state index contributed by atoms with van der Waals surface area (Å²) in [6, 6.07) is 8.84. The normalized spacial score (nSPS) is 12.5. The van der Waals surface area contributed by atoms with Gasteiger partial charge in [0.15, 0.2) is 0 Å². The van der Waals surface area contributed by atoms with Crippen molar-refractivity contribution in [3.8, 4) is 5.46 Å². The zero-order valence-corrected chi connectivity index (χ0v) is 13.0. The third-order valence-corrected chi connectivity index (χ3v) is 9.63. The second kappa shape index (κ2) is 4.80. The maximum atomic E-state index is 2.61. The van der Waals surface area contributed by atoms with Crippen molar-refractivity contribution in [3.05, 3.63) is 36.4 Å². The molecule has 1 nitrogen and oxygen atoms in total. The summed E-state index contributed by atoms with van der Waals surface area (Å²) in [5, 5.41) is 0.385. The van der Waals surface area contributed by atoms with E-state index in [1.165, 1.54) is 5.46 Å². The van der Waals surface area contributed by atoms with Gasteiger partial charge >= 0.3 is 18.9 Å². The second-order valence-corrected chi connectivity index (χ2v) is 11.4. The molecule has 0 saturated carbocycles. The first kappa shape index (κ1) is 14.8. The first-order chi connectivity index (χ1) is 7.34. The molecule has 0 saturated heterocycles. The van der Waals surface area contributed by atoms with Crippen molar-refractivity contribution in [3.63, 3.8) is 0 Å². The zero-order valence-electron chi connectivity index (χ0n) is 12.0. The van der Waals surface area contributed by atoms with Gasteiger partial charge in [-0.05, 0) is 17.7 Å². The molecule has 2 aliphatic rings. The minimum Gasteiger partial charge on any atom is -0.587 e. The van der Waals surface area contributed by atoms with Crippen molar-refractivity contribution >= 4 is 14.7 Å². The molecule has 0 aromatic carbocycles. The first-order valence-electron chi connectivity index (χ1n) is 6.02. The van der Waals surface area contributed by atoms with Crippen molar-refractivity contribution in [2.45, 2.75) is 38.9 Å². The van der Waals surface area contributed by atoms with E-state index in [0.717, 1.165) is 0 Å². The number of fused-ring (bicyclic) bond motifs is 1. The van der Waals surface area contributed by atoms with Gasteiger partial charge in [-0.25, -0.2) is 11.4 Å². The van der Waals surface area contributed by atoms with Crippen LogP contribution in [0.1, 0.15) is 20.8 Å². The molecular weight excluding hydrogens is 216 g/mol. The van der Waals surface area contributed by atoms with Crippen LogP contribution in [0.4, 0.5) is 0 Å². The molecule has 0 amide bonds. The van der Waals surface area contributed by atoms with E-state index >= 15 is 0 Å². The van der Waals surface area contributed by atoms with Gasteiger partial charge in [0.1, 0.15) is 8.24 Å². The molecule has 0 bridgehead atoms. The van der Waals surface area contributed by atoms with Crippen LogP contribution in [0, 0.1) is 0 Å². The Labute approximate surface area is 118 Å². The summed E-state index contributed by atoms with van der Waals surface area (Å²) in [5.74, 6) is 2.32. The fourth-order valence-corrected chi connectivity index (χ4v) is 4.31. The van der Waals surface area contributed by atoms with Crippen LogP contribution in [0.2, 0.25) is 18.1 Å². The van der Waals surface area contributed by atoms with E-state index in [4.69, 9.17) is 0 Å². The van der Waals surface area contributed by atoms with Gasteiger partial charge in [-0.2, -0.15) is 0 Å². The molecule has 17 heavy (non-hydrogen) atoms. The molecule has 0 radical (unpaired) electrons. The third-order valence-electron chi connectivity index (χ3n) is 4.24. The SMILES string of the molecule is CC(C)(C)[Si](C)(C)n1cccc2ccc[b-]1-2.[Li+]. The van der Waals surface area contributed by atoms with E-state index in [1.807, 2.05) is 0 Å². The second-order valence-electron chi connectivity index (χ2n) is 6.22. The smallest absolute Gasteiger partial charge is 0.587 e. The molecule has 4 heteroatoms. The van der Waals surface area contributed by atoms with Gasteiger partial charge in [-0.1, -0.05) is 46.0 Å². The summed E-state index contributed by atoms with van der Waals surface area (Å²) in [4.78, 5) is 0. The standard InChI is InChI=1S/C13H21BNSi.Li/c1-13(2,3)16(4,5)15-11-7-9-12-8-6-10-14(12)15;/h6-11H,1-5H3;/q-1;+1. The Hall–Kier alpha value is -0.231. The van der Waals surface area contributed by atoms with Crippen LogP contribution in [-0.4, -0.2) is 18.9 Å². The molecule has 2 rings (SSSR count). The summed E-state index contributed by atoms with van der Waals surface area (Å²) in [6.45, 7) is 12.5. The number of aromatic nitrogens is 1. The van der Waals surface area contributed by atoms with Gasteiger partial charge in [0.2, 0.25) is 0 Å². The third kappa shape index (κ3) is 2.47. The minimum absolute atomic E-state index is 0. The number of hydrogen-bond donors (Lipinski definition) is 0. The number of nitrogens with zero attached hydrogens (tertiary/aromatic N) is 1.